The Labute approximate surface area is 49.6 Å². The van der Waals surface area contributed by atoms with Crippen LogP contribution in [-0.4, -0.2) is 0 Å². The molecule has 0 unspecified atom stereocenters. The van der Waals surface area contributed by atoms with Gasteiger partial charge in [-0.15, -0.1) is 12.4 Å². The van der Waals surface area contributed by atoms with Crippen molar-refractivity contribution in [3.8, 4) is 0 Å². The highest BCUT2D eigenvalue weighted by Crippen LogP contribution is 1.78. The van der Waals surface area contributed by atoms with Crippen LogP contribution < -0.4 is 0 Å². The standard InChI is InChI=1S/C6H5.ClH/c1-2-4-6-5-3-1;/h1-5H;1H. The molecule has 1 rings (SSSR count). The monoisotopic (exact) mass is 113 g/mol. The van der Waals surface area contributed by atoms with Crippen molar-refractivity contribution in [1.82, 2.24) is 0 Å². The van der Waals surface area contributed by atoms with Gasteiger partial charge in [-0.05, 0) is 6.07 Å². The van der Waals surface area contributed by atoms with Crippen molar-refractivity contribution in [3.05, 3.63) is 36.4 Å². The zero-order valence-corrected chi connectivity index (χ0v) is 4.61. The molecular formula is C6H6Cl. The van der Waals surface area contributed by atoms with Gasteiger partial charge in [0.2, 0.25) is 0 Å². The first kappa shape index (κ1) is 6.51. The Balaban J connectivity index is 0.000000360. The quantitative estimate of drug-likeness (QED) is 0.482. The fraction of sp³-hybridized carbons (Fsp3) is 0. The fourth-order valence-corrected chi connectivity index (χ4v) is 0.342. The van der Waals surface area contributed by atoms with Crippen molar-refractivity contribution in [2.24, 2.45) is 0 Å². The van der Waals surface area contributed by atoms with E-state index in [2.05, 4.69) is 6.07 Å². The molecule has 0 spiro atoms. The van der Waals surface area contributed by atoms with E-state index in [1.807, 2.05) is 30.3 Å². The summed E-state index contributed by atoms with van der Waals surface area (Å²) in [4.78, 5) is 0. The van der Waals surface area contributed by atoms with Crippen molar-refractivity contribution in [2.45, 2.75) is 0 Å². The van der Waals surface area contributed by atoms with E-state index in [1.54, 1.807) is 0 Å². The van der Waals surface area contributed by atoms with E-state index in [0.29, 0.717) is 0 Å². The molecular weight excluding hydrogens is 108 g/mol. The van der Waals surface area contributed by atoms with Gasteiger partial charge in [0.1, 0.15) is 0 Å². The summed E-state index contributed by atoms with van der Waals surface area (Å²) in [6.45, 7) is 0. The van der Waals surface area contributed by atoms with Crippen molar-refractivity contribution in [1.29, 1.82) is 0 Å². The van der Waals surface area contributed by atoms with Gasteiger partial charge < -0.3 is 0 Å². The first-order chi connectivity index (χ1) is 3.00. The van der Waals surface area contributed by atoms with Crippen molar-refractivity contribution < 1.29 is 0 Å². The molecule has 0 bridgehead atoms. The van der Waals surface area contributed by atoms with Crippen molar-refractivity contribution in [3.63, 3.8) is 0 Å². The topological polar surface area (TPSA) is 0 Å². The fourth-order valence-electron chi connectivity index (χ4n) is 0.342. The first-order valence-electron chi connectivity index (χ1n) is 1.91. The molecule has 0 aromatic heterocycles. The molecule has 1 aromatic rings. The van der Waals surface area contributed by atoms with E-state index >= 15 is 0 Å². The zero-order valence-electron chi connectivity index (χ0n) is 3.79. The van der Waals surface area contributed by atoms with E-state index in [-0.39, 0.29) is 12.4 Å². The van der Waals surface area contributed by atoms with Crippen molar-refractivity contribution in [2.75, 3.05) is 0 Å². The number of benzene rings is 1. The third-order valence-corrected chi connectivity index (χ3v) is 0.607. The van der Waals surface area contributed by atoms with Crippen LogP contribution in [0.5, 0.6) is 0 Å². The van der Waals surface area contributed by atoms with Crippen LogP contribution in [0.15, 0.2) is 30.3 Å². The van der Waals surface area contributed by atoms with Gasteiger partial charge in [0, 0.05) is 0 Å². The Morgan fingerprint density at radius 3 is 1.57 bits per heavy atom. The summed E-state index contributed by atoms with van der Waals surface area (Å²) >= 11 is 0. The number of hydrogen-bond donors (Lipinski definition) is 0. The molecule has 0 amide bonds. The second-order valence-corrected chi connectivity index (χ2v) is 1.08. The predicted octanol–water partition coefficient (Wildman–Crippen LogP) is 1.91. The molecule has 0 saturated heterocycles. The molecule has 0 aliphatic rings. The lowest BCUT2D eigenvalue weighted by Gasteiger charge is -1.68. The molecule has 1 radical (unpaired) electrons. The zero-order chi connectivity index (χ0) is 4.24. The van der Waals surface area contributed by atoms with Gasteiger partial charge in [-0.2, -0.15) is 0 Å². The van der Waals surface area contributed by atoms with Gasteiger partial charge in [-0.1, -0.05) is 30.3 Å². The van der Waals surface area contributed by atoms with E-state index < -0.39 is 0 Å². The third kappa shape index (κ3) is 2.24. The number of rotatable bonds is 0. The summed E-state index contributed by atoms with van der Waals surface area (Å²) in [5.74, 6) is 0. The number of halogens is 1. The minimum atomic E-state index is 0. The SMILES string of the molecule is Cl.[c]1ccccc1. The van der Waals surface area contributed by atoms with Crippen LogP contribution >= 0.6 is 12.4 Å². The van der Waals surface area contributed by atoms with Crippen LogP contribution in [0, 0.1) is 6.07 Å². The van der Waals surface area contributed by atoms with E-state index in [4.69, 9.17) is 0 Å². The highest BCUT2D eigenvalue weighted by Gasteiger charge is 1.58. The molecule has 0 atom stereocenters. The Morgan fingerprint density at radius 1 is 0.857 bits per heavy atom. The summed E-state index contributed by atoms with van der Waals surface area (Å²) in [5, 5.41) is 0. The first-order valence-corrected chi connectivity index (χ1v) is 1.91. The average Bonchev–Trinajstić information content (AvgIpc) is 1.72. The normalized spacial score (nSPS) is 6.86. The van der Waals surface area contributed by atoms with Gasteiger partial charge in [0.15, 0.2) is 0 Å². The molecule has 0 N–H and O–H groups in total. The largest absolute Gasteiger partial charge is 0.147 e. The summed E-state index contributed by atoms with van der Waals surface area (Å²) < 4.78 is 0. The second kappa shape index (κ2) is 3.69. The molecule has 0 saturated carbocycles. The van der Waals surface area contributed by atoms with Gasteiger partial charge in [0.25, 0.3) is 0 Å². The molecule has 1 heteroatoms. The van der Waals surface area contributed by atoms with Gasteiger partial charge in [0.05, 0.1) is 0 Å². The van der Waals surface area contributed by atoms with Crippen LogP contribution in [0.25, 0.3) is 0 Å². The second-order valence-electron chi connectivity index (χ2n) is 1.08. The minimum Gasteiger partial charge on any atom is -0.147 e. The Hall–Kier alpha value is -0.490. The van der Waals surface area contributed by atoms with Crippen LogP contribution in [0.4, 0.5) is 0 Å². The molecule has 0 aliphatic heterocycles. The Kier molecular flexibility index (Phi) is 3.43. The van der Waals surface area contributed by atoms with Gasteiger partial charge in [-0.3, -0.25) is 0 Å². The maximum Gasteiger partial charge on any atom is -0.0184 e. The van der Waals surface area contributed by atoms with Crippen LogP contribution in [0.1, 0.15) is 0 Å². The third-order valence-electron chi connectivity index (χ3n) is 0.607. The molecule has 0 nitrogen and oxygen atoms in total. The lowest BCUT2D eigenvalue weighted by atomic mass is 10.4. The van der Waals surface area contributed by atoms with Crippen LogP contribution in [0.3, 0.4) is 0 Å². The summed E-state index contributed by atoms with van der Waals surface area (Å²) in [5.41, 5.74) is 0. The predicted molar refractivity (Wildman–Crippen MR) is 32.5 cm³/mol. The Bertz CT molecular complexity index is 76.1. The summed E-state index contributed by atoms with van der Waals surface area (Å²) in [7, 11) is 0. The number of hydrogen-bond acceptors (Lipinski definition) is 0. The summed E-state index contributed by atoms with van der Waals surface area (Å²) in [6, 6.07) is 12.5. The Morgan fingerprint density at radius 2 is 1.43 bits per heavy atom. The highest BCUT2D eigenvalue weighted by molar-refractivity contribution is 5.85. The van der Waals surface area contributed by atoms with Gasteiger partial charge >= 0.3 is 0 Å². The molecule has 37 valence electrons. The van der Waals surface area contributed by atoms with E-state index in [0.717, 1.165) is 0 Å². The van der Waals surface area contributed by atoms with Gasteiger partial charge in [-0.25, -0.2) is 0 Å². The van der Waals surface area contributed by atoms with Crippen LogP contribution in [-0.2, 0) is 0 Å². The highest BCUT2D eigenvalue weighted by atomic mass is 35.5. The maximum atomic E-state index is 2.89. The maximum absolute atomic E-state index is 2.89. The van der Waals surface area contributed by atoms with Crippen molar-refractivity contribution >= 4 is 12.4 Å². The van der Waals surface area contributed by atoms with Crippen LogP contribution in [0.2, 0.25) is 0 Å². The molecule has 0 heterocycles. The molecule has 0 aliphatic carbocycles. The lowest BCUT2D eigenvalue weighted by molar-refractivity contribution is 1.70. The smallest absolute Gasteiger partial charge is 0.0184 e. The van der Waals surface area contributed by atoms with E-state index in [9.17, 15) is 0 Å². The molecule has 0 fully saturated rings. The van der Waals surface area contributed by atoms with E-state index in [1.165, 1.54) is 0 Å². The average molecular weight is 114 g/mol. The minimum absolute atomic E-state index is 0. The summed E-state index contributed by atoms with van der Waals surface area (Å²) in [6.07, 6.45) is 0. The molecule has 1 aromatic carbocycles. The lowest BCUT2D eigenvalue weighted by Crippen LogP contribution is -1.49. The molecule has 7 heavy (non-hydrogen) atoms.